The van der Waals surface area contributed by atoms with E-state index in [0.717, 1.165) is 17.7 Å². The van der Waals surface area contributed by atoms with Crippen molar-refractivity contribution >= 4 is 29.1 Å². The Labute approximate surface area is 159 Å². The van der Waals surface area contributed by atoms with Crippen LogP contribution in [0.4, 0.5) is 5.69 Å². The number of hydrogen-bond acceptors (Lipinski definition) is 2. The molecule has 1 aliphatic heterocycles. The van der Waals surface area contributed by atoms with Crippen molar-refractivity contribution in [2.45, 2.75) is 19.8 Å². The maximum absolute atomic E-state index is 12.9. The van der Waals surface area contributed by atoms with E-state index < -0.39 is 0 Å². The van der Waals surface area contributed by atoms with Crippen LogP contribution in [-0.4, -0.2) is 36.3 Å². The number of amides is 2. The van der Waals surface area contributed by atoms with Gasteiger partial charge in [-0.1, -0.05) is 41.9 Å². The highest BCUT2D eigenvalue weighted by atomic mass is 35.5. The molecule has 2 aromatic rings. The predicted molar refractivity (Wildman–Crippen MR) is 104 cm³/mol. The van der Waals surface area contributed by atoms with E-state index in [1.807, 2.05) is 61.5 Å². The summed E-state index contributed by atoms with van der Waals surface area (Å²) in [4.78, 5) is 28.8. The number of para-hydroxylation sites is 1. The molecule has 1 unspecified atom stereocenters. The summed E-state index contributed by atoms with van der Waals surface area (Å²) >= 11 is 6.01. The van der Waals surface area contributed by atoms with E-state index in [0.29, 0.717) is 24.7 Å². The molecule has 5 heteroatoms. The summed E-state index contributed by atoms with van der Waals surface area (Å²) in [5.74, 6) is -0.200. The van der Waals surface area contributed by atoms with Crippen molar-refractivity contribution in [3.63, 3.8) is 0 Å². The van der Waals surface area contributed by atoms with E-state index in [-0.39, 0.29) is 24.2 Å². The smallest absolute Gasteiger partial charge is 0.232 e. The Morgan fingerprint density at radius 2 is 1.96 bits per heavy atom. The van der Waals surface area contributed by atoms with Crippen LogP contribution in [0.15, 0.2) is 54.6 Å². The second kappa shape index (κ2) is 8.37. The van der Waals surface area contributed by atoms with Gasteiger partial charge in [0, 0.05) is 36.8 Å². The molecule has 0 aromatic heterocycles. The molecular formula is C21H23ClN2O2. The molecule has 0 N–H and O–H groups in total. The van der Waals surface area contributed by atoms with Crippen LogP contribution in [0.3, 0.4) is 0 Å². The standard InChI is InChI=1S/C21H23ClN2O2/c1-2-24(19-9-4-3-5-10-19)21(26)17-14-20(25)23(15-17)12-11-16-7-6-8-18(22)13-16/h3-10,13,17H,2,11-12,14-15H2,1H3. The molecule has 1 atom stereocenters. The van der Waals surface area contributed by atoms with Crippen molar-refractivity contribution in [2.75, 3.05) is 24.5 Å². The SMILES string of the molecule is CCN(C(=O)C1CC(=O)N(CCc2cccc(Cl)c2)C1)c1ccccc1. The van der Waals surface area contributed by atoms with Crippen LogP contribution < -0.4 is 4.90 Å². The Morgan fingerprint density at radius 3 is 2.65 bits per heavy atom. The quantitative estimate of drug-likeness (QED) is 0.776. The fourth-order valence-electron chi connectivity index (χ4n) is 3.40. The lowest BCUT2D eigenvalue weighted by molar-refractivity contribution is -0.128. The van der Waals surface area contributed by atoms with Crippen LogP contribution in [0.5, 0.6) is 0 Å². The minimum atomic E-state index is -0.276. The zero-order valence-corrected chi connectivity index (χ0v) is 15.7. The Kier molecular flexibility index (Phi) is 5.94. The van der Waals surface area contributed by atoms with Gasteiger partial charge in [0.1, 0.15) is 0 Å². The number of halogens is 1. The molecule has 3 rings (SSSR count). The van der Waals surface area contributed by atoms with Gasteiger partial charge in [-0.2, -0.15) is 0 Å². The highest BCUT2D eigenvalue weighted by Gasteiger charge is 2.36. The molecular weight excluding hydrogens is 348 g/mol. The number of hydrogen-bond donors (Lipinski definition) is 0. The first-order chi connectivity index (χ1) is 12.6. The Morgan fingerprint density at radius 1 is 1.19 bits per heavy atom. The van der Waals surface area contributed by atoms with E-state index in [4.69, 9.17) is 11.6 Å². The third-order valence-electron chi connectivity index (χ3n) is 4.77. The zero-order valence-electron chi connectivity index (χ0n) is 14.9. The summed E-state index contributed by atoms with van der Waals surface area (Å²) in [5.41, 5.74) is 1.98. The molecule has 4 nitrogen and oxygen atoms in total. The maximum Gasteiger partial charge on any atom is 0.232 e. The summed E-state index contributed by atoms with van der Waals surface area (Å²) in [6, 6.07) is 17.3. The monoisotopic (exact) mass is 370 g/mol. The second-order valence-electron chi connectivity index (χ2n) is 6.54. The molecule has 0 aliphatic carbocycles. The lowest BCUT2D eigenvalue weighted by Gasteiger charge is -2.24. The average molecular weight is 371 g/mol. The van der Waals surface area contributed by atoms with Gasteiger partial charge in [-0.3, -0.25) is 9.59 Å². The van der Waals surface area contributed by atoms with Crippen molar-refractivity contribution in [1.82, 2.24) is 4.90 Å². The van der Waals surface area contributed by atoms with Crippen molar-refractivity contribution in [2.24, 2.45) is 5.92 Å². The van der Waals surface area contributed by atoms with Crippen LogP contribution >= 0.6 is 11.6 Å². The van der Waals surface area contributed by atoms with Crippen LogP contribution in [0, 0.1) is 5.92 Å². The second-order valence-corrected chi connectivity index (χ2v) is 6.98. The predicted octanol–water partition coefficient (Wildman–Crippen LogP) is 3.78. The molecule has 0 bridgehead atoms. The summed E-state index contributed by atoms with van der Waals surface area (Å²) in [6.45, 7) is 3.65. The van der Waals surface area contributed by atoms with Gasteiger partial charge in [-0.15, -0.1) is 0 Å². The minimum Gasteiger partial charge on any atom is -0.342 e. The van der Waals surface area contributed by atoms with E-state index >= 15 is 0 Å². The molecule has 0 saturated carbocycles. The topological polar surface area (TPSA) is 40.6 Å². The summed E-state index contributed by atoms with van der Waals surface area (Å²) in [6.07, 6.45) is 1.03. The zero-order chi connectivity index (χ0) is 18.5. The molecule has 0 radical (unpaired) electrons. The minimum absolute atomic E-state index is 0.0253. The van der Waals surface area contributed by atoms with Gasteiger partial charge < -0.3 is 9.80 Å². The molecule has 1 heterocycles. The number of carbonyl (C=O) groups is 2. The number of likely N-dealkylation sites (tertiary alicyclic amines) is 1. The summed E-state index contributed by atoms with van der Waals surface area (Å²) in [5, 5.41) is 0.699. The van der Waals surface area contributed by atoms with E-state index in [9.17, 15) is 9.59 Å². The fraction of sp³-hybridized carbons (Fsp3) is 0.333. The normalized spacial score (nSPS) is 16.8. The van der Waals surface area contributed by atoms with Gasteiger partial charge >= 0.3 is 0 Å². The molecule has 1 fully saturated rings. The van der Waals surface area contributed by atoms with E-state index in [1.165, 1.54) is 0 Å². The first-order valence-electron chi connectivity index (χ1n) is 8.97. The van der Waals surface area contributed by atoms with Gasteiger partial charge in [0.05, 0.1) is 5.92 Å². The van der Waals surface area contributed by atoms with E-state index in [1.54, 1.807) is 9.80 Å². The van der Waals surface area contributed by atoms with Gasteiger partial charge in [0.15, 0.2) is 0 Å². The molecule has 1 saturated heterocycles. The molecule has 2 aromatic carbocycles. The molecule has 0 spiro atoms. The lowest BCUT2D eigenvalue weighted by atomic mass is 10.1. The third-order valence-corrected chi connectivity index (χ3v) is 5.01. The van der Waals surface area contributed by atoms with Crippen LogP contribution in [0.25, 0.3) is 0 Å². The van der Waals surface area contributed by atoms with Crippen molar-refractivity contribution in [1.29, 1.82) is 0 Å². The number of benzene rings is 2. The van der Waals surface area contributed by atoms with Gasteiger partial charge in [-0.05, 0) is 43.2 Å². The molecule has 136 valence electrons. The summed E-state index contributed by atoms with van der Waals surface area (Å²) in [7, 11) is 0. The number of anilines is 1. The Balaban J connectivity index is 1.62. The molecule has 2 amide bonds. The van der Waals surface area contributed by atoms with Crippen LogP contribution in [0.2, 0.25) is 5.02 Å². The van der Waals surface area contributed by atoms with Crippen molar-refractivity contribution in [3.05, 3.63) is 65.2 Å². The Bertz CT molecular complexity index is 779. The van der Waals surface area contributed by atoms with Crippen LogP contribution in [-0.2, 0) is 16.0 Å². The molecule has 26 heavy (non-hydrogen) atoms. The van der Waals surface area contributed by atoms with Crippen molar-refractivity contribution in [3.8, 4) is 0 Å². The number of carbonyl (C=O) groups excluding carboxylic acids is 2. The largest absolute Gasteiger partial charge is 0.342 e. The molecule has 1 aliphatic rings. The van der Waals surface area contributed by atoms with E-state index in [2.05, 4.69) is 0 Å². The van der Waals surface area contributed by atoms with Gasteiger partial charge in [0.2, 0.25) is 11.8 Å². The third kappa shape index (κ3) is 4.25. The highest BCUT2D eigenvalue weighted by Crippen LogP contribution is 2.24. The summed E-state index contributed by atoms with van der Waals surface area (Å²) < 4.78 is 0. The van der Waals surface area contributed by atoms with Crippen LogP contribution in [0.1, 0.15) is 18.9 Å². The maximum atomic E-state index is 12.9. The average Bonchev–Trinajstić information content (AvgIpc) is 3.02. The first-order valence-corrected chi connectivity index (χ1v) is 9.35. The van der Waals surface area contributed by atoms with Gasteiger partial charge in [-0.25, -0.2) is 0 Å². The fourth-order valence-corrected chi connectivity index (χ4v) is 3.62. The highest BCUT2D eigenvalue weighted by molar-refractivity contribution is 6.30. The van der Waals surface area contributed by atoms with Crippen molar-refractivity contribution < 1.29 is 9.59 Å². The van der Waals surface area contributed by atoms with Gasteiger partial charge in [0.25, 0.3) is 0 Å². The Hall–Kier alpha value is -2.33. The number of rotatable bonds is 6. The lowest BCUT2D eigenvalue weighted by Crippen LogP contribution is -2.37. The first kappa shape index (κ1) is 18.5. The number of nitrogens with zero attached hydrogens (tertiary/aromatic N) is 2.